The number of aliphatic hydroxyl groups excluding tert-OH is 4. The van der Waals surface area contributed by atoms with Crippen LogP contribution >= 0.6 is 11.6 Å². The monoisotopic (exact) mass is 446 g/mol. The fraction of sp³-hybridized carbons (Fsp3) is 0.440. The van der Waals surface area contributed by atoms with E-state index < -0.39 is 37.1 Å². The minimum absolute atomic E-state index is 0.122. The van der Waals surface area contributed by atoms with Crippen molar-refractivity contribution < 1.29 is 25.2 Å². The Bertz CT molecular complexity index is 901. The summed E-state index contributed by atoms with van der Waals surface area (Å²) in [5.41, 5.74) is 3.81. The van der Waals surface area contributed by atoms with Gasteiger partial charge in [-0.25, -0.2) is 0 Å². The van der Waals surface area contributed by atoms with Gasteiger partial charge in [0.25, 0.3) is 0 Å². The maximum absolute atomic E-state index is 10.4. The molecule has 1 fully saturated rings. The molecule has 168 valence electrons. The van der Waals surface area contributed by atoms with Crippen LogP contribution in [0.5, 0.6) is 0 Å². The molecule has 0 aromatic heterocycles. The molecule has 0 radical (unpaired) electrons. The molecule has 1 aliphatic heterocycles. The Morgan fingerprint density at radius 1 is 0.968 bits per heavy atom. The highest BCUT2D eigenvalue weighted by Gasteiger charge is 2.44. The normalized spacial score (nSPS) is 27.0. The summed E-state index contributed by atoms with van der Waals surface area (Å²) < 4.78 is 5.67. The van der Waals surface area contributed by atoms with Gasteiger partial charge in [-0.05, 0) is 40.2 Å². The molecular weight excluding hydrogens is 416 g/mol. The molecule has 4 N–H and O–H groups in total. The van der Waals surface area contributed by atoms with Crippen molar-refractivity contribution in [3.05, 3.63) is 75.8 Å². The van der Waals surface area contributed by atoms with Gasteiger partial charge in [0.2, 0.25) is 0 Å². The minimum atomic E-state index is -1.41. The first-order valence-corrected chi connectivity index (χ1v) is 10.8. The molecule has 0 bridgehead atoms. The van der Waals surface area contributed by atoms with E-state index in [9.17, 15) is 20.4 Å². The number of halogens is 1. The van der Waals surface area contributed by atoms with Crippen LogP contribution in [0.15, 0.2) is 48.5 Å². The third kappa shape index (κ3) is 5.95. The lowest BCUT2D eigenvalue weighted by atomic mass is 9.90. The van der Waals surface area contributed by atoms with Crippen LogP contribution in [0.25, 0.3) is 6.08 Å². The Kier molecular flexibility index (Phi) is 7.58. The number of rotatable bonds is 5. The van der Waals surface area contributed by atoms with E-state index in [2.05, 4.69) is 57.2 Å². The summed E-state index contributed by atoms with van der Waals surface area (Å²) in [4.78, 5) is 0. The number of aliphatic hydroxyl groups is 4. The molecule has 5 nitrogen and oxygen atoms in total. The van der Waals surface area contributed by atoms with E-state index >= 15 is 0 Å². The van der Waals surface area contributed by atoms with Gasteiger partial charge in [-0.1, -0.05) is 80.9 Å². The molecule has 1 aliphatic rings. The largest absolute Gasteiger partial charge is 0.394 e. The first-order chi connectivity index (χ1) is 14.6. The minimum Gasteiger partial charge on any atom is -0.394 e. The summed E-state index contributed by atoms with van der Waals surface area (Å²) in [6.07, 6.45) is -1.07. The summed E-state index contributed by atoms with van der Waals surface area (Å²) in [7, 11) is 0. The van der Waals surface area contributed by atoms with Crippen molar-refractivity contribution in [3.8, 4) is 0 Å². The smallest absolute Gasteiger partial charge is 0.113 e. The van der Waals surface area contributed by atoms with Gasteiger partial charge in [-0.2, -0.15) is 0 Å². The molecule has 31 heavy (non-hydrogen) atoms. The zero-order chi connectivity index (χ0) is 22.8. The number of ether oxygens (including phenoxy) is 1. The van der Waals surface area contributed by atoms with E-state index in [0.29, 0.717) is 17.0 Å². The molecule has 0 aliphatic carbocycles. The molecule has 6 heteroatoms. The van der Waals surface area contributed by atoms with Crippen LogP contribution in [-0.4, -0.2) is 51.4 Å². The lowest BCUT2D eigenvalue weighted by Crippen LogP contribution is -2.55. The van der Waals surface area contributed by atoms with Gasteiger partial charge in [0, 0.05) is 5.02 Å². The van der Waals surface area contributed by atoms with Crippen LogP contribution < -0.4 is 0 Å². The zero-order valence-corrected chi connectivity index (χ0v) is 18.8. The Balaban J connectivity index is 1.79. The van der Waals surface area contributed by atoms with E-state index in [1.807, 2.05) is 6.07 Å². The molecule has 3 rings (SSSR count). The lowest BCUT2D eigenvalue weighted by Gasteiger charge is -2.40. The standard InChI is InChI=1S/C25H31ClO5/c1-25(2,3)11-10-15-4-6-16(7-5-15)12-18-13-17(8-9-19(18)26)24-23(30)22(29)21(28)20(14-27)31-24/h4-11,13,20-24,27-30H,12,14H2,1-3H3/b11-10+/t20-,21-,22+,23-,24+/m1/s1. The van der Waals surface area contributed by atoms with Crippen LogP contribution in [0.3, 0.4) is 0 Å². The van der Waals surface area contributed by atoms with Gasteiger partial charge in [-0.3, -0.25) is 0 Å². The molecular formula is C25H31ClO5. The van der Waals surface area contributed by atoms with E-state index in [0.717, 1.165) is 16.7 Å². The SMILES string of the molecule is CC(C)(C)/C=C/c1ccc(Cc2cc([C@@H]3O[C@H](CO)[C@@H](O)[C@H](O)[C@H]3O)ccc2Cl)cc1. The molecule has 0 saturated carbocycles. The summed E-state index contributed by atoms with van der Waals surface area (Å²) in [6, 6.07) is 13.5. The quantitative estimate of drug-likeness (QED) is 0.564. The van der Waals surface area contributed by atoms with Crippen LogP contribution in [0, 0.1) is 5.41 Å². The van der Waals surface area contributed by atoms with Crippen molar-refractivity contribution in [1.82, 2.24) is 0 Å². The molecule has 2 aromatic rings. The molecule has 2 aromatic carbocycles. The zero-order valence-electron chi connectivity index (χ0n) is 18.1. The average Bonchev–Trinajstić information content (AvgIpc) is 2.73. The van der Waals surface area contributed by atoms with Crippen LogP contribution in [0.4, 0.5) is 0 Å². The Morgan fingerprint density at radius 2 is 1.65 bits per heavy atom. The fourth-order valence-corrected chi connectivity index (χ4v) is 3.78. The number of allylic oxidation sites excluding steroid dienone is 1. The van der Waals surface area contributed by atoms with Crippen molar-refractivity contribution in [1.29, 1.82) is 0 Å². The Hall–Kier alpha value is -1.73. The lowest BCUT2D eigenvalue weighted by molar-refractivity contribution is -0.231. The molecule has 1 heterocycles. The highest BCUT2D eigenvalue weighted by atomic mass is 35.5. The van der Waals surface area contributed by atoms with Gasteiger partial charge in [0.05, 0.1) is 6.61 Å². The van der Waals surface area contributed by atoms with Gasteiger partial charge in [-0.15, -0.1) is 0 Å². The maximum atomic E-state index is 10.4. The summed E-state index contributed by atoms with van der Waals surface area (Å²) in [6.45, 7) is 6.00. The third-order valence-corrected chi connectivity index (χ3v) is 5.81. The number of hydrogen-bond acceptors (Lipinski definition) is 5. The summed E-state index contributed by atoms with van der Waals surface area (Å²) in [5, 5.41) is 40.5. The fourth-order valence-electron chi connectivity index (χ4n) is 3.60. The van der Waals surface area contributed by atoms with Crippen molar-refractivity contribution >= 4 is 17.7 Å². The van der Waals surface area contributed by atoms with E-state index in [1.54, 1.807) is 12.1 Å². The predicted octanol–water partition coefficient (Wildman–Crippen LogP) is 3.51. The molecule has 1 saturated heterocycles. The molecule has 0 spiro atoms. The van der Waals surface area contributed by atoms with E-state index in [4.69, 9.17) is 16.3 Å². The van der Waals surface area contributed by atoms with Crippen LogP contribution in [-0.2, 0) is 11.2 Å². The highest BCUT2D eigenvalue weighted by molar-refractivity contribution is 6.31. The highest BCUT2D eigenvalue weighted by Crippen LogP contribution is 2.34. The predicted molar refractivity (Wildman–Crippen MR) is 122 cm³/mol. The van der Waals surface area contributed by atoms with Crippen molar-refractivity contribution in [2.24, 2.45) is 5.41 Å². The number of hydrogen-bond donors (Lipinski definition) is 4. The molecule has 0 amide bonds. The van der Waals surface area contributed by atoms with Crippen LogP contribution in [0.2, 0.25) is 5.02 Å². The Morgan fingerprint density at radius 3 is 2.26 bits per heavy atom. The van der Waals surface area contributed by atoms with Gasteiger partial charge in [0.15, 0.2) is 0 Å². The number of benzene rings is 2. The Labute approximate surface area is 188 Å². The first kappa shape index (κ1) is 23.9. The average molecular weight is 447 g/mol. The van der Waals surface area contributed by atoms with Crippen LogP contribution in [0.1, 0.15) is 49.1 Å². The molecule has 0 unspecified atom stereocenters. The maximum Gasteiger partial charge on any atom is 0.113 e. The van der Waals surface area contributed by atoms with E-state index in [1.165, 1.54) is 0 Å². The van der Waals surface area contributed by atoms with Crippen molar-refractivity contribution in [2.75, 3.05) is 6.61 Å². The van der Waals surface area contributed by atoms with Crippen molar-refractivity contribution in [3.63, 3.8) is 0 Å². The summed E-state index contributed by atoms with van der Waals surface area (Å²) in [5.74, 6) is 0. The van der Waals surface area contributed by atoms with Gasteiger partial charge in [0.1, 0.15) is 30.5 Å². The van der Waals surface area contributed by atoms with E-state index in [-0.39, 0.29) is 5.41 Å². The third-order valence-electron chi connectivity index (χ3n) is 5.44. The second-order valence-electron chi connectivity index (χ2n) is 9.22. The van der Waals surface area contributed by atoms with Gasteiger partial charge >= 0.3 is 0 Å². The van der Waals surface area contributed by atoms with Gasteiger partial charge < -0.3 is 25.2 Å². The first-order valence-electron chi connectivity index (χ1n) is 10.5. The molecule has 5 atom stereocenters. The second kappa shape index (κ2) is 9.82. The topological polar surface area (TPSA) is 90.2 Å². The second-order valence-corrected chi connectivity index (χ2v) is 9.63. The van der Waals surface area contributed by atoms with Crippen molar-refractivity contribution in [2.45, 2.75) is 57.7 Å². The summed E-state index contributed by atoms with van der Waals surface area (Å²) >= 11 is 6.42.